The molecule has 0 aliphatic carbocycles. The van der Waals surface area contributed by atoms with Crippen LogP contribution in [0.3, 0.4) is 0 Å². The van der Waals surface area contributed by atoms with Crippen LogP contribution in [-0.2, 0) is 10.0 Å². The fourth-order valence-electron chi connectivity index (χ4n) is 3.49. The number of aryl methyl sites for hydroxylation is 1. The van der Waals surface area contributed by atoms with Crippen molar-refractivity contribution in [3.63, 3.8) is 0 Å². The highest BCUT2D eigenvalue weighted by atomic mass is 32.2. The molecule has 8 heteroatoms. The molecule has 2 aromatic carbocycles. The molecular weight excluding hydrogens is 440 g/mol. The monoisotopic (exact) mass is 468 g/mol. The average molecular weight is 469 g/mol. The SMILES string of the molecule is CCN(CC)S(=O)(=O)c1cc(C)c(C)c(NC(=O)c2ccc(-c3ccc(C(C)=O)cc3)o2)c1. The van der Waals surface area contributed by atoms with Gasteiger partial charge in [-0.2, -0.15) is 4.31 Å². The molecule has 0 radical (unpaired) electrons. The predicted octanol–water partition coefficient (Wildman–Crippen LogP) is 5.05. The molecule has 0 aliphatic rings. The number of hydrogen-bond acceptors (Lipinski definition) is 5. The van der Waals surface area contributed by atoms with Crippen molar-refractivity contribution < 1.29 is 22.4 Å². The van der Waals surface area contributed by atoms with Gasteiger partial charge in [0.1, 0.15) is 5.76 Å². The summed E-state index contributed by atoms with van der Waals surface area (Å²) in [5.41, 5.74) is 3.26. The lowest BCUT2D eigenvalue weighted by molar-refractivity contribution is 0.0994. The summed E-state index contributed by atoms with van der Waals surface area (Å²) >= 11 is 0. The van der Waals surface area contributed by atoms with Crippen molar-refractivity contribution in [2.24, 2.45) is 0 Å². The summed E-state index contributed by atoms with van der Waals surface area (Å²) in [4.78, 5) is 24.5. The van der Waals surface area contributed by atoms with Crippen molar-refractivity contribution in [2.75, 3.05) is 18.4 Å². The zero-order valence-electron chi connectivity index (χ0n) is 19.4. The van der Waals surface area contributed by atoms with Crippen LogP contribution in [-0.4, -0.2) is 37.5 Å². The molecule has 0 spiro atoms. The third-order valence-electron chi connectivity index (χ3n) is 5.64. The van der Waals surface area contributed by atoms with Crippen LogP contribution in [0.2, 0.25) is 0 Å². The number of ketones is 1. The van der Waals surface area contributed by atoms with E-state index in [2.05, 4.69) is 5.32 Å². The quantitative estimate of drug-likeness (QED) is 0.467. The van der Waals surface area contributed by atoms with Gasteiger partial charge in [-0.05, 0) is 56.2 Å². The second-order valence-corrected chi connectivity index (χ2v) is 9.69. The Labute approximate surface area is 194 Å². The first-order chi connectivity index (χ1) is 15.6. The van der Waals surface area contributed by atoms with Crippen LogP contribution in [0.15, 0.2) is 57.8 Å². The van der Waals surface area contributed by atoms with E-state index in [1.54, 1.807) is 56.3 Å². The van der Waals surface area contributed by atoms with E-state index in [4.69, 9.17) is 4.42 Å². The molecule has 0 aliphatic heterocycles. The summed E-state index contributed by atoms with van der Waals surface area (Å²) in [6, 6.07) is 13.3. The van der Waals surface area contributed by atoms with E-state index in [-0.39, 0.29) is 16.4 Å². The minimum atomic E-state index is -3.67. The third-order valence-corrected chi connectivity index (χ3v) is 7.67. The molecule has 1 aromatic heterocycles. The van der Waals surface area contributed by atoms with E-state index < -0.39 is 15.9 Å². The molecule has 1 N–H and O–H groups in total. The Balaban J connectivity index is 1.88. The van der Waals surface area contributed by atoms with Crippen LogP contribution in [0.25, 0.3) is 11.3 Å². The van der Waals surface area contributed by atoms with Crippen LogP contribution in [0.5, 0.6) is 0 Å². The summed E-state index contributed by atoms with van der Waals surface area (Å²) in [6.45, 7) is 9.41. The van der Waals surface area contributed by atoms with E-state index in [1.807, 2.05) is 13.8 Å². The van der Waals surface area contributed by atoms with E-state index in [0.717, 1.165) is 16.7 Å². The molecular formula is C25H28N2O5S. The number of benzene rings is 2. The molecule has 0 atom stereocenters. The highest BCUT2D eigenvalue weighted by Crippen LogP contribution is 2.28. The molecule has 0 saturated carbocycles. The first-order valence-corrected chi connectivity index (χ1v) is 12.2. The summed E-state index contributed by atoms with van der Waals surface area (Å²) in [6.07, 6.45) is 0. The molecule has 0 bridgehead atoms. The second kappa shape index (κ2) is 9.72. The van der Waals surface area contributed by atoms with Gasteiger partial charge >= 0.3 is 0 Å². The topological polar surface area (TPSA) is 96.7 Å². The van der Waals surface area contributed by atoms with Crippen molar-refractivity contribution >= 4 is 27.4 Å². The highest BCUT2D eigenvalue weighted by Gasteiger charge is 2.24. The number of hydrogen-bond donors (Lipinski definition) is 1. The fourth-order valence-corrected chi connectivity index (χ4v) is 5.06. The lowest BCUT2D eigenvalue weighted by Gasteiger charge is -2.20. The van der Waals surface area contributed by atoms with Crippen molar-refractivity contribution in [1.82, 2.24) is 4.31 Å². The van der Waals surface area contributed by atoms with Gasteiger partial charge < -0.3 is 9.73 Å². The van der Waals surface area contributed by atoms with Crippen LogP contribution in [0.1, 0.15) is 52.8 Å². The molecule has 0 fully saturated rings. The van der Waals surface area contributed by atoms with Gasteiger partial charge in [0.2, 0.25) is 10.0 Å². The van der Waals surface area contributed by atoms with E-state index in [9.17, 15) is 18.0 Å². The molecule has 3 rings (SSSR count). The third kappa shape index (κ3) is 5.07. The molecule has 0 saturated heterocycles. The molecule has 1 heterocycles. The molecule has 0 unspecified atom stereocenters. The maximum Gasteiger partial charge on any atom is 0.291 e. The van der Waals surface area contributed by atoms with Crippen LogP contribution < -0.4 is 5.32 Å². The van der Waals surface area contributed by atoms with E-state index in [1.165, 1.54) is 17.3 Å². The fraction of sp³-hybridized carbons (Fsp3) is 0.280. The maximum absolute atomic E-state index is 13.0. The lowest BCUT2D eigenvalue weighted by Crippen LogP contribution is -2.30. The van der Waals surface area contributed by atoms with E-state index >= 15 is 0 Å². The van der Waals surface area contributed by atoms with Crippen LogP contribution >= 0.6 is 0 Å². The van der Waals surface area contributed by atoms with Gasteiger partial charge in [-0.1, -0.05) is 38.1 Å². The normalized spacial score (nSPS) is 11.6. The van der Waals surface area contributed by atoms with Gasteiger partial charge in [0.05, 0.1) is 4.90 Å². The standard InChI is InChI=1S/C25H28N2O5S/c1-6-27(7-2)33(30,31)21-14-16(3)17(4)22(15-21)26-25(29)24-13-12-23(32-24)20-10-8-19(9-11-20)18(5)28/h8-15H,6-7H2,1-5H3,(H,26,29). The van der Waals surface area contributed by atoms with Gasteiger partial charge in [0, 0.05) is 29.9 Å². The number of sulfonamides is 1. The highest BCUT2D eigenvalue weighted by molar-refractivity contribution is 7.89. The smallest absolute Gasteiger partial charge is 0.291 e. The number of amides is 1. The Bertz CT molecular complexity index is 1290. The van der Waals surface area contributed by atoms with Crippen molar-refractivity contribution in [3.8, 4) is 11.3 Å². The summed E-state index contributed by atoms with van der Waals surface area (Å²) < 4.78 is 33.0. The largest absolute Gasteiger partial charge is 0.451 e. The zero-order chi connectivity index (χ0) is 24.3. The Kier molecular flexibility index (Phi) is 7.19. The number of furan rings is 1. The number of carbonyl (C=O) groups is 2. The van der Waals surface area contributed by atoms with Crippen molar-refractivity contribution in [1.29, 1.82) is 0 Å². The van der Waals surface area contributed by atoms with Gasteiger partial charge in [0.25, 0.3) is 5.91 Å². The average Bonchev–Trinajstić information content (AvgIpc) is 3.28. The van der Waals surface area contributed by atoms with Crippen LogP contribution in [0.4, 0.5) is 5.69 Å². The lowest BCUT2D eigenvalue weighted by atomic mass is 10.1. The minimum absolute atomic E-state index is 0.0306. The molecule has 7 nitrogen and oxygen atoms in total. The molecule has 174 valence electrons. The zero-order valence-corrected chi connectivity index (χ0v) is 20.2. The Hall–Kier alpha value is -3.23. The second-order valence-electron chi connectivity index (χ2n) is 7.75. The maximum atomic E-state index is 13.0. The summed E-state index contributed by atoms with van der Waals surface area (Å²) in [7, 11) is -3.67. The first kappa shape index (κ1) is 24.4. The summed E-state index contributed by atoms with van der Waals surface area (Å²) in [5, 5.41) is 2.78. The number of nitrogens with one attached hydrogen (secondary N) is 1. The van der Waals surface area contributed by atoms with E-state index in [0.29, 0.717) is 30.1 Å². The number of nitrogens with zero attached hydrogens (tertiary/aromatic N) is 1. The Morgan fingerprint density at radius 2 is 1.61 bits per heavy atom. The Morgan fingerprint density at radius 3 is 2.18 bits per heavy atom. The van der Waals surface area contributed by atoms with Gasteiger partial charge in [-0.25, -0.2) is 8.42 Å². The van der Waals surface area contributed by atoms with Crippen LogP contribution in [0, 0.1) is 13.8 Å². The molecule has 1 amide bonds. The summed E-state index contributed by atoms with van der Waals surface area (Å²) in [5.74, 6) is 0.0641. The first-order valence-electron chi connectivity index (χ1n) is 10.7. The van der Waals surface area contributed by atoms with Gasteiger partial charge in [-0.3, -0.25) is 9.59 Å². The number of rotatable bonds is 8. The number of Topliss-reactive ketones (excluding diaryl/α,β-unsaturated/α-hetero) is 1. The predicted molar refractivity (Wildman–Crippen MR) is 128 cm³/mol. The van der Waals surface area contributed by atoms with Gasteiger partial charge in [-0.15, -0.1) is 0 Å². The van der Waals surface area contributed by atoms with Gasteiger partial charge in [0.15, 0.2) is 11.5 Å². The molecule has 3 aromatic rings. The number of carbonyl (C=O) groups excluding carboxylic acids is 2. The number of anilines is 1. The minimum Gasteiger partial charge on any atom is -0.451 e. The molecule has 33 heavy (non-hydrogen) atoms. The Morgan fingerprint density at radius 1 is 0.970 bits per heavy atom. The van der Waals surface area contributed by atoms with Crippen molar-refractivity contribution in [2.45, 2.75) is 39.5 Å². The van der Waals surface area contributed by atoms with Crippen molar-refractivity contribution in [3.05, 3.63) is 71.0 Å².